The number of piperazine rings is 1. The number of hydrogen-bond acceptors (Lipinski definition) is 6. The smallest absolute Gasteiger partial charge is 0.102 e. The SMILES string of the molecule is Cc1cc2c(s1)NC=c1cccnc1=C2N1CCNC(CCc2cccnc2)C1.Cl.Cl.Cl.O.O. The van der Waals surface area contributed by atoms with Gasteiger partial charge in [-0.2, -0.15) is 0 Å². The van der Waals surface area contributed by atoms with Crippen LogP contribution in [-0.4, -0.2) is 51.5 Å². The molecule has 5 rings (SSSR count). The highest BCUT2D eigenvalue weighted by atomic mass is 35.5. The lowest BCUT2D eigenvalue weighted by Gasteiger charge is -2.36. The number of anilines is 1. The normalized spacial score (nSPS) is 15.6. The van der Waals surface area contributed by atoms with Gasteiger partial charge in [0, 0.05) is 66.1 Å². The minimum atomic E-state index is 0. The van der Waals surface area contributed by atoms with E-state index in [9.17, 15) is 0 Å². The van der Waals surface area contributed by atoms with Crippen molar-refractivity contribution in [3.05, 3.63) is 75.5 Å². The molecule has 188 valence electrons. The summed E-state index contributed by atoms with van der Waals surface area (Å²) in [4.78, 5) is 12.9. The van der Waals surface area contributed by atoms with Gasteiger partial charge in [-0.05, 0) is 49.6 Å². The molecular formula is C23H32Cl3N5O2S. The van der Waals surface area contributed by atoms with Crippen molar-refractivity contribution < 1.29 is 11.0 Å². The lowest BCUT2D eigenvalue weighted by molar-refractivity contribution is 0.268. The van der Waals surface area contributed by atoms with E-state index >= 15 is 0 Å². The molecule has 0 bridgehead atoms. The number of aryl methyl sites for hydroxylation is 2. The van der Waals surface area contributed by atoms with Crippen LogP contribution >= 0.6 is 48.6 Å². The number of aromatic nitrogens is 2. The second-order valence-corrected chi connectivity index (χ2v) is 8.93. The first kappa shape index (κ1) is 32.1. The fourth-order valence-corrected chi connectivity index (χ4v) is 5.11. The molecule has 1 unspecified atom stereocenters. The summed E-state index contributed by atoms with van der Waals surface area (Å²) in [6.07, 6.45) is 9.95. The average Bonchev–Trinajstić information content (AvgIpc) is 3.05. The standard InChI is InChI=1S/C23H25N5S.3ClH.2H2O/c1-16-12-20-22(21-18(5-3-9-26-21)14-27-23(20)29-16)28-11-10-25-19(15-28)7-6-17-4-2-8-24-13-17;;;;;/h2-5,8-9,12-14,19,25,27H,6-7,10-11,15H2,1H3;3*1H;2*1H2. The molecule has 0 amide bonds. The summed E-state index contributed by atoms with van der Waals surface area (Å²) in [6, 6.07) is 11.1. The van der Waals surface area contributed by atoms with Gasteiger partial charge in [0.1, 0.15) is 5.00 Å². The van der Waals surface area contributed by atoms with Crippen LogP contribution in [-0.2, 0) is 6.42 Å². The maximum Gasteiger partial charge on any atom is 0.102 e. The van der Waals surface area contributed by atoms with Crippen molar-refractivity contribution in [2.24, 2.45) is 0 Å². The van der Waals surface area contributed by atoms with Crippen LogP contribution in [0.3, 0.4) is 0 Å². The Labute approximate surface area is 222 Å². The summed E-state index contributed by atoms with van der Waals surface area (Å²) in [7, 11) is 0. The van der Waals surface area contributed by atoms with E-state index in [4.69, 9.17) is 4.98 Å². The van der Waals surface area contributed by atoms with Crippen molar-refractivity contribution in [3.63, 3.8) is 0 Å². The summed E-state index contributed by atoms with van der Waals surface area (Å²) in [5.74, 6) is 0. The number of pyridine rings is 2. The summed E-state index contributed by atoms with van der Waals surface area (Å²) < 4.78 is 0. The number of rotatable bonds is 4. The number of nitrogens with one attached hydrogen (secondary N) is 2. The third-order valence-electron chi connectivity index (χ3n) is 5.61. The van der Waals surface area contributed by atoms with E-state index in [2.05, 4.69) is 51.8 Å². The van der Waals surface area contributed by atoms with Crippen molar-refractivity contribution in [1.82, 2.24) is 20.2 Å². The molecule has 11 heteroatoms. The Morgan fingerprint density at radius 3 is 2.68 bits per heavy atom. The van der Waals surface area contributed by atoms with Crippen molar-refractivity contribution in [2.75, 3.05) is 25.0 Å². The van der Waals surface area contributed by atoms with E-state index in [-0.39, 0.29) is 48.2 Å². The van der Waals surface area contributed by atoms with E-state index in [1.54, 1.807) is 0 Å². The highest BCUT2D eigenvalue weighted by molar-refractivity contribution is 7.16. The van der Waals surface area contributed by atoms with Gasteiger partial charge in [0.25, 0.3) is 0 Å². The lowest BCUT2D eigenvalue weighted by Crippen LogP contribution is -2.51. The van der Waals surface area contributed by atoms with E-state index in [1.165, 1.54) is 26.7 Å². The summed E-state index contributed by atoms with van der Waals surface area (Å²) in [6.45, 7) is 5.13. The molecule has 0 spiro atoms. The molecule has 34 heavy (non-hydrogen) atoms. The average molecular weight is 549 g/mol. The Morgan fingerprint density at radius 2 is 1.91 bits per heavy atom. The molecule has 7 nitrogen and oxygen atoms in total. The number of nitrogens with zero attached hydrogens (tertiary/aromatic N) is 3. The van der Waals surface area contributed by atoms with E-state index in [1.807, 2.05) is 42.1 Å². The summed E-state index contributed by atoms with van der Waals surface area (Å²) in [5.41, 5.74) is 3.83. The highest BCUT2D eigenvalue weighted by Crippen LogP contribution is 2.34. The first-order valence-electron chi connectivity index (χ1n) is 10.2. The van der Waals surface area contributed by atoms with E-state index in [0.717, 1.165) is 43.0 Å². The van der Waals surface area contributed by atoms with Crippen molar-refractivity contribution in [3.8, 4) is 0 Å². The van der Waals surface area contributed by atoms with Crippen molar-refractivity contribution >= 4 is 65.5 Å². The zero-order valence-electron chi connectivity index (χ0n) is 18.8. The maximum atomic E-state index is 4.79. The third kappa shape index (κ3) is 6.82. The minimum absolute atomic E-state index is 0. The van der Waals surface area contributed by atoms with Crippen LogP contribution in [0.5, 0.6) is 0 Å². The zero-order valence-corrected chi connectivity index (χ0v) is 22.0. The predicted molar refractivity (Wildman–Crippen MR) is 148 cm³/mol. The molecule has 1 fully saturated rings. The van der Waals surface area contributed by atoms with Gasteiger partial charge < -0.3 is 26.5 Å². The highest BCUT2D eigenvalue weighted by Gasteiger charge is 2.26. The van der Waals surface area contributed by atoms with E-state index < -0.39 is 0 Å². The Hall–Kier alpha value is -1.91. The number of thiophene rings is 1. The second kappa shape index (κ2) is 14.5. The molecule has 1 saturated heterocycles. The maximum absolute atomic E-state index is 4.79. The third-order valence-corrected chi connectivity index (χ3v) is 6.59. The number of hydrogen-bond donors (Lipinski definition) is 2. The van der Waals surface area contributed by atoms with Crippen molar-refractivity contribution in [1.29, 1.82) is 0 Å². The largest absolute Gasteiger partial charge is 0.412 e. The van der Waals surface area contributed by atoms with Crippen LogP contribution in [0, 0.1) is 6.92 Å². The van der Waals surface area contributed by atoms with Crippen LogP contribution < -0.4 is 21.2 Å². The Balaban J connectivity index is 0.00000218. The molecule has 3 aromatic rings. The fraction of sp³-hybridized carbons (Fsp3) is 0.304. The van der Waals surface area contributed by atoms with Gasteiger partial charge >= 0.3 is 0 Å². The monoisotopic (exact) mass is 547 g/mol. The Bertz CT molecular complexity index is 1150. The van der Waals surface area contributed by atoms with Gasteiger partial charge in [-0.25, -0.2) is 0 Å². The van der Waals surface area contributed by atoms with Crippen LogP contribution in [0.25, 0.3) is 11.9 Å². The first-order chi connectivity index (χ1) is 14.3. The lowest BCUT2D eigenvalue weighted by atomic mass is 10.0. The fourth-order valence-electron chi connectivity index (χ4n) is 4.23. The Kier molecular flexibility index (Phi) is 13.7. The van der Waals surface area contributed by atoms with Gasteiger partial charge in [-0.15, -0.1) is 48.6 Å². The molecule has 5 heterocycles. The number of halogens is 3. The van der Waals surface area contributed by atoms with Gasteiger partial charge in [0.05, 0.1) is 11.0 Å². The quantitative estimate of drug-likeness (QED) is 0.515. The van der Waals surface area contributed by atoms with Gasteiger partial charge in [0.2, 0.25) is 0 Å². The molecule has 2 aliphatic rings. The topological polar surface area (TPSA) is 116 Å². The van der Waals surface area contributed by atoms with Gasteiger partial charge in [-0.1, -0.05) is 6.07 Å². The molecule has 6 N–H and O–H groups in total. The summed E-state index contributed by atoms with van der Waals surface area (Å²) in [5, 5.41) is 10.7. The summed E-state index contributed by atoms with van der Waals surface area (Å²) >= 11 is 1.81. The minimum Gasteiger partial charge on any atom is -0.412 e. The zero-order chi connectivity index (χ0) is 19.6. The Morgan fingerprint density at radius 1 is 1.12 bits per heavy atom. The predicted octanol–water partition coefficient (Wildman–Crippen LogP) is 1.69. The number of fused-ring (bicyclic) bond motifs is 2. The molecule has 3 aromatic heterocycles. The molecular weight excluding hydrogens is 517 g/mol. The van der Waals surface area contributed by atoms with Gasteiger partial charge in [-0.3, -0.25) is 9.97 Å². The van der Waals surface area contributed by atoms with Crippen LogP contribution in [0.1, 0.15) is 22.4 Å². The van der Waals surface area contributed by atoms with Crippen LogP contribution in [0.15, 0.2) is 48.9 Å². The van der Waals surface area contributed by atoms with Crippen molar-refractivity contribution in [2.45, 2.75) is 25.8 Å². The van der Waals surface area contributed by atoms with E-state index in [0.29, 0.717) is 6.04 Å². The molecule has 0 aliphatic carbocycles. The first-order valence-corrected chi connectivity index (χ1v) is 11.0. The van der Waals surface area contributed by atoms with Crippen LogP contribution in [0.4, 0.5) is 5.00 Å². The molecule has 0 radical (unpaired) electrons. The second-order valence-electron chi connectivity index (χ2n) is 7.68. The molecule has 1 atom stereocenters. The molecule has 2 aliphatic heterocycles. The molecule has 0 saturated carbocycles. The molecule has 0 aromatic carbocycles. The van der Waals surface area contributed by atoms with Crippen LogP contribution in [0.2, 0.25) is 0 Å². The van der Waals surface area contributed by atoms with Gasteiger partial charge in [0.15, 0.2) is 0 Å².